The first-order chi connectivity index (χ1) is 8.04. The molecular weight excluding hydrogens is 237 g/mol. The third kappa shape index (κ3) is 3.38. The average Bonchev–Trinajstić information content (AvgIpc) is 2.27. The number of hydrogen-bond donors (Lipinski definition) is 1. The smallest absolute Gasteiger partial charge is 0.364 e. The summed E-state index contributed by atoms with van der Waals surface area (Å²) in [5.74, 6) is 0.829. The number of halogens is 3. The summed E-state index contributed by atoms with van der Waals surface area (Å²) in [6.07, 6.45) is -1.31. The molecule has 0 aliphatic carbocycles. The van der Waals surface area contributed by atoms with Gasteiger partial charge in [0.25, 0.3) is 0 Å². The van der Waals surface area contributed by atoms with E-state index >= 15 is 0 Å². The molecule has 0 saturated carbocycles. The number of rotatable bonds is 3. The Hall–Kier alpha value is -1.70. The fraction of sp³-hybridized carbons (Fsp3) is 0.444. The molecule has 17 heavy (non-hydrogen) atoms. The molecule has 8 heteroatoms. The van der Waals surface area contributed by atoms with Crippen molar-refractivity contribution in [3.8, 4) is 0 Å². The number of fused-ring (bicyclic) bond motifs is 1. The van der Waals surface area contributed by atoms with Gasteiger partial charge in [-0.2, -0.15) is 13.2 Å². The topological polar surface area (TPSA) is 59.4 Å². The van der Waals surface area contributed by atoms with Crippen LogP contribution in [0.5, 0.6) is 0 Å². The van der Waals surface area contributed by atoms with Crippen molar-refractivity contribution in [1.29, 1.82) is 0 Å². The van der Waals surface area contributed by atoms with Gasteiger partial charge in [0.15, 0.2) is 5.82 Å². The molecule has 0 fully saturated rings. The molecule has 1 aliphatic heterocycles. The van der Waals surface area contributed by atoms with E-state index in [1.165, 1.54) is 12.4 Å². The van der Waals surface area contributed by atoms with Crippen molar-refractivity contribution >= 4 is 11.7 Å². The van der Waals surface area contributed by atoms with E-state index in [0.29, 0.717) is 23.9 Å². The van der Waals surface area contributed by atoms with Crippen molar-refractivity contribution in [1.82, 2.24) is 9.97 Å². The maximum absolute atomic E-state index is 11.8. The average molecular weight is 246 g/mol. The van der Waals surface area contributed by atoms with E-state index < -0.39 is 12.8 Å². The molecule has 0 unspecified atom stereocenters. The molecule has 0 atom stereocenters. The number of ether oxygens (including phenoxy) is 1. The maximum Gasteiger partial charge on any atom is 0.411 e. The van der Waals surface area contributed by atoms with Crippen LogP contribution in [0.4, 0.5) is 19.0 Å². The zero-order valence-electron chi connectivity index (χ0n) is 8.66. The fourth-order valence-corrected chi connectivity index (χ4v) is 1.28. The van der Waals surface area contributed by atoms with Crippen molar-refractivity contribution in [2.75, 3.05) is 18.5 Å². The van der Waals surface area contributed by atoms with Crippen LogP contribution < -0.4 is 5.32 Å². The summed E-state index contributed by atoms with van der Waals surface area (Å²) in [6, 6.07) is 0. The number of hydrogen-bond acceptors (Lipinski definition) is 5. The second-order valence-electron chi connectivity index (χ2n) is 3.35. The van der Waals surface area contributed by atoms with Gasteiger partial charge in [0.2, 0.25) is 0 Å². The van der Waals surface area contributed by atoms with Crippen LogP contribution in [0.3, 0.4) is 0 Å². The molecule has 92 valence electrons. The number of anilines is 1. The van der Waals surface area contributed by atoms with Crippen LogP contribution in [-0.2, 0) is 11.3 Å². The van der Waals surface area contributed by atoms with Crippen molar-refractivity contribution in [3.05, 3.63) is 18.1 Å². The quantitative estimate of drug-likeness (QED) is 0.875. The summed E-state index contributed by atoms with van der Waals surface area (Å²) < 4.78 is 40.0. The van der Waals surface area contributed by atoms with E-state index in [4.69, 9.17) is 0 Å². The molecule has 0 radical (unpaired) electrons. The maximum atomic E-state index is 11.8. The summed E-state index contributed by atoms with van der Waals surface area (Å²) in [7, 11) is 0. The molecule has 0 aromatic carbocycles. The molecule has 0 spiro atoms. The summed E-state index contributed by atoms with van der Waals surface area (Å²) in [6.45, 7) is -1.22. The van der Waals surface area contributed by atoms with Crippen molar-refractivity contribution < 1.29 is 17.9 Å². The minimum Gasteiger partial charge on any atom is -0.364 e. The first kappa shape index (κ1) is 11.8. The zero-order valence-corrected chi connectivity index (χ0v) is 8.66. The van der Waals surface area contributed by atoms with Crippen molar-refractivity contribution in [3.63, 3.8) is 0 Å². The van der Waals surface area contributed by atoms with Crippen LogP contribution >= 0.6 is 0 Å². The van der Waals surface area contributed by atoms with Crippen LogP contribution in [0.15, 0.2) is 17.4 Å². The number of nitrogens with zero attached hydrogens (tertiary/aromatic N) is 3. The predicted octanol–water partition coefficient (Wildman–Crippen LogP) is 1.38. The van der Waals surface area contributed by atoms with Crippen LogP contribution in [0.25, 0.3) is 0 Å². The minimum absolute atomic E-state index is 0.227. The molecule has 1 N–H and O–H groups in total. The lowest BCUT2D eigenvalue weighted by Crippen LogP contribution is -2.27. The SMILES string of the molecule is FC(F)(F)COCC1=NCc2nccnc2N1. The van der Waals surface area contributed by atoms with Crippen LogP contribution in [0.2, 0.25) is 0 Å². The highest BCUT2D eigenvalue weighted by Gasteiger charge is 2.27. The molecule has 5 nitrogen and oxygen atoms in total. The number of alkyl halides is 3. The van der Waals surface area contributed by atoms with E-state index in [-0.39, 0.29) is 6.61 Å². The monoisotopic (exact) mass is 246 g/mol. The van der Waals surface area contributed by atoms with Crippen LogP contribution in [0, 0.1) is 0 Å². The predicted molar refractivity (Wildman–Crippen MR) is 53.7 cm³/mol. The van der Waals surface area contributed by atoms with E-state index in [9.17, 15) is 13.2 Å². The Balaban J connectivity index is 1.87. The number of amidine groups is 1. The van der Waals surface area contributed by atoms with Crippen molar-refractivity contribution in [2.45, 2.75) is 12.7 Å². The van der Waals surface area contributed by atoms with Gasteiger partial charge in [-0.3, -0.25) is 9.98 Å². The lowest BCUT2D eigenvalue weighted by Gasteiger charge is -2.16. The van der Waals surface area contributed by atoms with Gasteiger partial charge in [-0.15, -0.1) is 0 Å². The Bertz CT molecular complexity index is 432. The molecular formula is C9H9F3N4O. The number of aromatic nitrogens is 2. The van der Waals surface area contributed by atoms with E-state index in [0.717, 1.165) is 0 Å². The first-order valence-corrected chi connectivity index (χ1v) is 4.79. The molecule has 2 heterocycles. The molecule has 1 aromatic heterocycles. The molecule has 0 amide bonds. The van der Waals surface area contributed by atoms with E-state index in [1.807, 2.05) is 0 Å². The summed E-state index contributed by atoms with van der Waals surface area (Å²) in [5, 5.41) is 2.77. The molecule has 0 saturated heterocycles. The summed E-state index contributed by atoms with van der Waals surface area (Å²) in [5.41, 5.74) is 0.659. The Labute approximate surface area is 94.7 Å². The van der Waals surface area contributed by atoms with Gasteiger partial charge >= 0.3 is 6.18 Å². The molecule has 1 aromatic rings. The van der Waals surface area contributed by atoms with Gasteiger partial charge in [-0.05, 0) is 0 Å². The van der Waals surface area contributed by atoms with Gasteiger partial charge < -0.3 is 10.1 Å². The second-order valence-corrected chi connectivity index (χ2v) is 3.35. The van der Waals surface area contributed by atoms with Gasteiger partial charge in [0.1, 0.15) is 24.7 Å². The second kappa shape index (κ2) is 4.66. The number of aliphatic imine (C=N–C) groups is 1. The Morgan fingerprint density at radius 3 is 2.82 bits per heavy atom. The third-order valence-corrected chi connectivity index (χ3v) is 1.96. The minimum atomic E-state index is -4.33. The summed E-state index contributed by atoms with van der Waals surface area (Å²) in [4.78, 5) is 12.0. The highest BCUT2D eigenvalue weighted by atomic mass is 19.4. The van der Waals surface area contributed by atoms with Crippen molar-refractivity contribution in [2.24, 2.45) is 4.99 Å². The normalized spacial score (nSPS) is 14.9. The fourth-order valence-electron chi connectivity index (χ4n) is 1.28. The van der Waals surface area contributed by atoms with Gasteiger partial charge in [-0.25, -0.2) is 4.98 Å². The standard InChI is InChI=1S/C9H9F3N4O/c10-9(11,12)5-17-4-7-15-3-6-8(16-7)14-2-1-13-6/h1-2H,3-5H2,(H,14,15,16). The van der Waals surface area contributed by atoms with Crippen LogP contribution in [-0.4, -0.2) is 35.2 Å². The summed E-state index contributed by atoms with van der Waals surface area (Å²) >= 11 is 0. The molecule has 1 aliphatic rings. The highest BCUT2D eigenvalue weighted by Crippen LogP contribution is 2.16. The lowest BCUT2D eigenvalue weighted by molar-refractivity contribution is -0.170. The van der Waals surface area contributed by atoms with Gasteiger partial charge in [0.05, 0.1) is 6.54 Å². The Morgan fingerprint density at radius 1 is 1.29 bits per heavy atom. The highest BCUT2D eigenvalue weighted by molar-refractivity contribution is 5.97. The Kier molecular flexibility index (Phi) is 3.23. The van der Waals surface area contributed by atoms with E-state index in [1.54, 1.807) is 0 Å². The van der Waals surface area contributed by atoms with Gasteiger partial charge in [0, 0.05) is 12.4 Å². The molecule has 2 rings (SSSR count). The van der Waals surface area contributed by atoms with Gasteiger partial charge in [-0.1, -0.05) is 0 Å². The third-order valence-electron chi connectivity index (χ3n) is 1.96. The van der Waals surface area contributed by atoms with E-state index in [2.05, 4.69) is 25.0 Å². The zero-order chi connectivity index (χ0) is 12.3. The largest absolute Gasteiger partial charge is 0.411 e. The Morgan fingerprint density at radius 2 is 2.06 bits per heavy atom. The number of nitrogens with one attached hydrogen (secondary N) is 1. The van der Waals surface area contributed by atoms with Crippen LogP contribution in [0.1, 0.15) is 5.69 Å². The lowest BCUT2D eigenvalue weighted by atomic mass is 10.3. The molecule has 0 bridgehead atoms. The first-order valence-electron chi connectivity index (χ1n) is 4.79.